The van der Waals surface area contributed by atoms with Crippen LogP contribution >= 0.6 is 11.6 Å². The van der Waals surface area contributed by atoms with Crippen molar-refractivity contribution in [3.05, 3.63) is 28.8 Å². The Morgan fingerprint density at radius 2 is 2.20 bits per heavy atom. The van der Waals surface area contributed by atoms with E-state index in [0.717, 1.165) is 17.9 Å². The molecule has 20 heavy (non-hydrogen) atoms. The minimum absolute atomic E-state index is 0.220. The molecule has 2 rings (SSSR count). The van der Waals surface area contributed by atoms with Crippen LogP contribution in [-0.4, -0.2) is 37.1 Å². The monoisotopic (exact) mass is 299 g/mol. The molecule has 0 saturated heterocycles. The van der Waals surface area contributed by atoms with E-state index in [2.05, 4.69) is 5.32 Å². The number of ether oxygens (including phenoxy) is 2. The summed E-state index contributed by atoms with van der Waals surface area (Å²) in [5.74, 6) is 0.762. The van der Waals surface area contributed by atoms with Crippen molar-refractivity contribution in [2.24, 2.45) is 0 Å². The molecule has 0 radical (unpaired) electrons. The Balaban J connectivity index is 1.87. The Morgan fingerprint density at radius 1 is 1.40 bits per heavy atom. The molecule has 5 heteroatoms. The van der Waals surface area contributed by atoms with E-state index in [-0.39, 0.29) is 6.61 Å². The van der Waals surface area contributed by atoms with Gasteiger partial charge in [0.2, 0.25) is 0 Å². The lowest BCUT2D eigenvalue weighted by Crippen LogP contribution is -2.24. The van der Waals surface area contributed by atoms with Gasteiger partial charge in [-0.1, -0.05) is 11.6 Å². The number of hydrogen-bond donors (Lipinski definition) is 2. The third kappa shape index (κ3) is 5.29. The van der Waals surface area contributed by atoms with Crippen LogP contribution in [0.5, 0.6) is 5.75 Å². The van der Waals surface area contributed by atoms with Gasteiger partial charge in [0, 0.05) is 29.8 Å². The van der Waals surface area contributed by atoms with E-state index in [9.17, 15) is 5.11 Å². The van der Waals surface area contributed by atoms with Gasteiger partial charge in [-0.15, -0.1) is 0 Å². The van der Waals surface area contributed by atoms with Crippen LogP contribution in [0, 0.1) is 0 Å². The van der Waals surface area contributed by atoms with E-state index in [1.54, 1.807) is 6.07 Å². The van der Waals surface area contributed by atoms with Gasteiger partial charge < -0.3 is 19.9 Å². The van der Waals surface area contributed by atoms with Crippen LogP contribution in [0.3, 0.4) is 0 Å². The van der Waals surface area contributed by atoms with E-state index >= 15 is 0 Å². The van der Waals surface area contributed by atoms with Crippen LogP contribution < -0.4 is 10.1 Å². The van der Waals surface area contributed by atoms with Crippen molar-refractivity contribution in [2.45, 2.75) is 38.5 Å². The van der Waals surface area contributed by atoms with Gasteiger partial charge in [-0.05, 0) is 38.0 Å². The number of nitrogens with one attached hydrogen (secondary N) is 1. The second-order valence-corrected chi connectivity index (χ2v) is 5.47. The molecule has 0 bridgehead atoms. The van der Waals surface area contributed by atoms with Gasteiger partial charge in [-0.25, -0.2) is 0 Å². The standard InChI is InChI=1S/C15H22ClNO3/c1-2-19-9-14(18)10-20-15-6-3-12(16)7-11(15)8-17-13-4-5-13/h3,6-7,13-14,17-18H,2,4-5,8-10H2,1H3. The topological polar surface area (TPSA) is 50.7 Å². The number of halogens is 1. The van der Waals surface area contributed by atoms with Crippen LogP contribution in [0.15, 0.2) is 18.2 Å². The highest BCUT2D eigenvalue weighted by molar-refractivity contribution is 6.30. The molecule has 1 unspecified atom stereocenters. The summed E-state index contributed by atoms with van der Waals surface area (Å²) < 4.78 is 10.8. The second-order valence-electron chi connectivity index (χ2n) is 5.03. The number of rotatable bonds is 9. The number of hydrogen-bond acceptors (Lipinski definition) is 4. The lowest BCUT2D eigenvalue weighted by molar-refractivity contribution is 0.0162. The fourth-order valence-electron chi connectivity index (χ4n) is 1.86. The Labute approximate surface area is 125 Å². The van der Waals surface area contributed by atoms with Crippen molar-refractivity contribution < 1.29 is 14.6 Å². The average molecular weight is 300 g/mol. The predicted molar refractivity (Wildman–Crippen MR) is 79.3 cm³/mol. The zero-order valence-electron chi connectivity index (χ0n) is 11.8. The van der Waals surface area contributed by atoms with Crippen molar-refractivity contribution in [1.29, 1.82) is 0 Å². The highest BCUT2D eigenvalue weighted by atomic mass is 35.5. The first-order valence-electron chi connectivity index (χ1n) is 7.09. The summed E-state index contributed by atoms with van der Waals surface area (Å²) in [6.07, 6.45) is 1.86. The van der Waals surface area contributed by atoms with Gasteiger partial charge in [-0.2, -0.15) is 0 Å². The van der Waals surface area contributed by atoms with Crippen LogP contribution in [0.2, 0.25) is 5.02 Å². The normalized spacial score (nSPS) is 16.1. The van der Waals surface area contributed by atoms with E-state index in [1.165, 1.54) is 12.8 Å². The molecule has 1 fully saturated rings. The molecule has 1 aromatic rings. The molecule has 112 valence electrons. The average Bonchev–Trinajstić information content (AvgIpc) is 3.26. The van der Waals surface area contributed by atoms with Crippen molar-refractivity contribution in [2.75, 3.05) is 19.8 Å². The van der Waals surface area contributed by atoms with E-state index in [1.807, 2.05) is 19.1 Å². The second kappa shape index (κ2) is 7.84. The summed E-state index contributed by atoms with van der Waals surface area (Å²) in [7, 11) is 0. The maximum absolute atomic E-state index is 9.72. The van der Waals surface area contributed by atoms with Crippen LogP contribution in [0.4, 0.5) is 0 Å². The molecule has 1 saturated carbocycles. The highest BCUT2D eigenvalue weighted by Crippen LogP contribution is 2.25. The molecule has 4 nitrogen and oxygen atoms in total. The molecule has 0 spiro atoms. The third-order valence-electron chi connectivity index (χ3n) is 3.13. The molecule has 2 N–H and O–H groups in total. The smallest absolute Gasteiger partial charge is 0.124 e. The predicted octanol–water partition coefficient (Wildman–Crippen LogP) is 2.37. The Kier molecular flexibility index (Phi) is 6.10. The molecule has 1 aliphatic carbocycles. The number of benzene rings is 1. The quantitative estimate of drug-likeness (QED) is 0.735. The Morgan fingerprint density at radius 3 is 2.90 bits per heavy atom. The van der Waals surface area contributed by atoms with Crippen molar-refractivity contribution in [3.63, 3.8) is 0 Å². The summed E-state index contributed by atoms with van der Waals surface area (Å²) in [5.41, 5.74) is 1.02. The Hall–Kier alpha value is -0.810. The summed E-state index contributed by atoms with van der Waals surface area (Å²) in [6.45, 7) is 3.74. The minimum atomic E-state index is -0.616. The summed E-state index contributed by atoms with van der Waals surface area (Å²) in [4.78, 5) is 0. The van der Waals surface area contributed by atoms with Gasteiger partial charge in [0.25, 0.3) is 0 Å². The molecular weight excluding hydrogens is 278 g/mol. The fourth-order valence-corrected chi connectivity index (χ4v) is 2.05. The van der Waals surface area contributed by atoms with Gasteiger partial charge in [0.05, 0.1) is 6.61 Å². The number of aliphatic hydroxyl groups excluding tert-OH is 1. The summed E-state index contributed by atoms with van der Waals surface area (Å²) in [6, 6.07) is 6.18. The molecule has 0 aliphatic heterocycles. The molecule has 1 atom stereocenters. The van der Waals surface area contributed by atoms with E-state index in [4.69, 9.17) is 21.1 Å². The molecule has 1 aromatic carbocycles. The fraction of sp³-hybridized carbons (Fsp3) is 0.600. The maximum atomic E-state index is 9.72. The molecule has 1 aliphatic rings. The molecule has 0 amide bonds. The van der Waals surface area contributed by atoms with Crippen LogP contribution in [-0.2, 0) is 11.3 Å². The summed E-state index contributed by atoms with van der Waals surface area (Å²) in [5, 5.41) is 13.9. The SMILES string of the molecule is CCOCC(O)COc1ccc(Cl)cc1CNC1CC1. The molecule has 0 heterocycles. The lowest BCUT2D eigenvalue weighted by Gasteiger charge is -2.15. The zero-order valence-corrected chi connectivity index (χ0v) is 12.5. The van der Waals surface area contributed by atoms with Crippen molar-refractivity contribution in [1.82, 2.24) is 5.32 Å². The first-order valence-corrected chi connectivity index (χ1v) is 7.47. The Bertz CT molecular complexity index is 424. The molecular formula is C15H22ClNO3. The van der Waals surface area contributed by atoms with E-state index in [0.29, 0.717) is 24.3 Å². The van der Waals surface area contributed by atoms with Crippen LogP contribution in [0.1, 0.15) is 25.3 Å². The van der Waals surface area contributed by atoms with Crippen molar-refractivity contribution in [3.8, 4) is 5.75 Å². The highest BCUT2D eigenvalue weighted by Gasteiger charge is 2.20. The lowest BCUT2D eigenvalue weighted by atomic mass is 10.2. The van der Waals surface area contributed by atoms with Gasteiger partial charge in [-0.3, -0.25) is 0 Å². The third-order valence-corrected chi connectivity index (χ3v) is 3.36. The largest absolute Gasteiger partial charge is 0.490 e. The van der Waals surface area contributed by atoms with Crippen molar-refractivity contribution >= 4 is 11.6 Å². The minimum Gasteiger partial charge on any atom is -0.490 e. The zero-order chi connectivity index (χ0) is 14.4. The maximum Gasteiger partial charge on any atom is 0.124 e. The van der Waals surface area contributed by atoms with Gasteiger partial charge in [0.1, 0.15) is 18.5 Å². The van der Waals surface area contributed by atoms with Gasteiger partial charge in [0.15, 0.2) is 0 Å². The van der Waals surface area contributed by atoms with Crippen LogP contribution in [0.25, 0.3) is 0 Å². The van der Waals surface area contributed by atoms with E-state index < -0.39 is 6.10 Å². The first-order chi connectivity index (χ1) is 9.69. The molecule has 0 aromatic heterocycles. The number of aliphatic hydroxyl groups is 1. The first kappa shape index (κ1) is 15.6. The summed E-state index contributed by atoms with van der Waals surface area (Å²) >= 11 is 6.03. The van der Waals surface area contributed by atoms with Gasteiger partial charge >= 0.3 is 0 Å².